The number of aromatic nitrogens is 4. The van der Waals surface area contributed by atoms with E-state index in [4.69, 9.17) is 9.97 Å². The molecule has 1 aliphatic rings. The lowest BCUT2D eigenvalue weighted by Crippen LogP contribution is -2.44. The molecule has 0 atom stereocenters. The molecule has 1 aromatic carbocycles. The molecule has 0 bridgehead atoms. The maximum Gasteiger partial charge on any atom is 0.247 e. The van der Waals surface area contributed by atoms with Crippen molar-refractivity contribution in [2.75, 3.05) is 48.8 Å². The second-order valence-electron chi connectivity index (χ2n) is 8.90. The Balaban J connectivity index is 1.57. The average molecular weight is 473 g/mol. The van der Waals surface area contributed by atoms with Crippen LogP contribution in [0.4, 0.5) is 23.1 Å². The third-order valence-electron chi connectivity index (χ3n) is 5.82. The first-order valence-corrected chi connectivity index (χ1v) is 11.8. The lowest BCUT2D eigenvalue weighted by atomic mass is 10.1. The zero-order valence-electron chi connectivity index (χ0n) is 20.5. The monoisotopic (exact) mass is 472 g/mol. The Morgan fingerprint density at radius 2 is 1.80 bits per heavy atom. The Morgan fingerprint density at radius 1 is 1.06 bits per heavy atom. The molecular weight excluding hydrogens is 440 g/mol. The van der Waals surface area contributed by atoms with E-state index in [1.807, 2.05) is 48.6 Å². The van der Waals surface area contributed by atoms with Gasteiger partial charge in [-0.2, -0.15) is 5.10 Å². The predicted octanol–water partition coefficient (Wildman–Crippen LogP) is 4.11. The maximum atomic E-state index is 11.5. The quantitative estimate of drug-likeness (QED) is 0.424. The summed E-state index contributed by atoms with van der Waals surface area (Å²) in [6, 6.07) is 11.5. The number of aromatic amines is 1. The molecule has 0 aliphatic carbocycles. The highest BCUT2D eigenvalue weighted by molar-refractivity contribution is 5.98. The van der Waals surface area contributed by atoms with Crippen molar-refractivity contribution < 1.29 is 4.79 Å². The van der Waals surface area contributed by atoms with E-state index in [2.05, 4.69) is 58.1 Å². The summed E-state index contributed by atoms with van der Waals surface area (Å²) in [5.74, 6) is 3.03. The Labute approximate surface area is 206 Å². The molecule has 0 unspecified atom stereocenters. The third kappa shape index (κ3) is 6.54. The molecule has 0 radical (unpaired) electrons. The highest BCUT2D eigenvalue weighted by Crippen LogP contribution is 2.23. The van der Waals surface area contributed by atoms with Gasteiger partial charge in [-0.05, 0) is 42.8 Å². The van der Waals surface area contributed by atoms with Crippen LogP contribution in [0, 0.1) is 0 Å². The molecule has 9 nitrogen and oxygen atoms in total. The van der Waals surface area contributed by atoms with Gasteiger partial charge in [0.1, 0.15) is 11.6 Å². The lowest BCUT2D eigenvalue weighted by Gasteiger charge is -2.33. The summed E-state index contributed by atoms with van der Waals surface area (Å²) in [7, 11) is 2.14. The van der Waals surface area contributed by atoms with Crippen LogP contribution in [0.25, 0.3) is 12.2 Å². The van der Waals surface area contributed by atoms with Gasteiger partial charge in [0.15, 0.2) is 11.6 Å². The van der Waals surface area contributed by atoms with Crippen LogP contribution in [0.2, 0.25) is 0 Å². The molecular formula is C26H32N8O. The molecule has 1 amide bonds. The van der Waals surface area contributed by atoms with Crippen LogP contribution in [0.5, 0.6) is 0 Å². The largest absolute Gasteiger partial charge is 0.354 e. The van der Waals surface area contributed by atoms with Gasteiger partial charge in [0.25, 0.3) is 0 Å². The second-order valence-corrected chi connectivity index (χ2v) is 8.90. The van der Waals surface area contributed by atoms with Crippen LogP contribution < -0.4 is 15.5 Å². The average Bonchev–Trinajstić information content (AvgIpc) is 3.33. The van der Waals surface area contributed by atoms with Crippen molar-refractivity contribution >= 4 is 41.2 Å². The number of carbonyl (C=O) groups is 1. The number of piperazine rings is 1. The number of H-pyrrole nitrogens is 1. The summed E-state index contributed by atoms with van der Waals surface area (Å²) in [5, 5.41) is 13.5. The summed E-state index contributed by atoms with van der Waals surface area (Å²) in [6.07, 6.45) is 5.10. The van der Waals surface area contributed by atoms with Crippen molar-refractivity contribution in [3.8, 4) is 0 Å². The van der Waals surface area contributed by atoms with Crippen molar-refractivity contribution in [2.24, 2.45) is 0 Å². The number of likely N-dealkylation sites (N-methyl/N-ethyl adjacent to an activating group) is 1. The van der Waals surface area contributed by atoms with E-state index in [-0.39, 0.29) is 5.91 Å². The molecule has 182 valence electrons. The minimum Gasteiger partial charge on any atom is -0.354 e. The summed E-state index contributed by atoms with van der Waals surface area (Å²) in [5.41, 5.74) is 2.75. The van der Waals surface area contributed by atoms with Crippen molar-refractivity contribution in [3.05, 3.63) is 66.1 Å². The molecule has 1 fully saturated rings. The predicted molar refractivity (Wildman–Crippen MR) is 142 cm³/mol. The molecule has 4 rings (SSSR count). The van der Waals surface area contributed by atoms with Gasteiger partial charge in [-0.15, -0.1) is 0 Å². The van der Waals surface area contributed by atoms with Crippen LogP contribution in [0.3, 0.4) is 0 Å². The van der Waals surface area contributed by atoms with Gasteiger partial charge in [0.2, 0.25) is 5.91 Å². The van der Waals surface area contributed by atoms with E-state index in [9.17, 15) is 4.79 Å². The standard InChI is InChI=1S/C26H32N8O/c1-5-26(35)27-20-9-6-19(7-10-20)8-11-22-28-23(29-24-16-21(18(2)3)31-32-24)17-25(30-22)34-14-12-33(4)13-15-34/h5-11,16-18H,1,12-15H2,2-4H3,(H,27,35)(H2,28,29,30,31,32)/b11-8+. The lowest BCUT2D eigenvalue weighted by molar-refractivity contribution is -0.111. The molecule has 1 saturated heterocycles. The van der Waals surface area contributed by atoms with E-state index < -0.39 is 0 Å². The number of rotatable bonds is 8. The Morgan fingerprint density at radius 3 is 2.46 bits per heavy atom. The first kappa shape index (κ1) is 24.2. The second kappa shape index (κ2) is 11.0. The number of nitrogens with one attached hydrogen (secondary N) is 3. The number of amides is 1. The SMILES string of the molecule is C=CC(=O)Nc1ccc(/C=C/c2nc(Nc3cc(C(C)C)[nH]n3)cc(N3CCN(C)CC3)n2)cc1. The van der Waals surface area contributed by atoms with Gasteiger partial charge < -0.3 is 20.4 Å². The Kier molecular flexibility index (Phi) is 7.57. The fourth-order valence-electron chi connectivity index (χ4n) is 3.66. The number of nitrogens with zero attached hydrogens (tertiary/aromatic N) is 5. The number of hydrogen-bond acceptors (Lipinski definition) is 7. The zero-order valence-corrected chi connectivity index (χ0v) is 20.5. The summed E-state index contributed by atoms with van der Waals surface area (Å²) in [4.78, 5) is 25.6. The number of benzene rings is 1. The van der Waals surface area contributed by atoms with Crippen molar-refractivity contribution in [1.29, 1.82) is 0 Å². The van der Waals surface area contributed by atoms with E-state index >= 15 is 0 Å². The van der Waals surface area contributed by atoms with E-state index in [1.165, 1.54) is 6.08 Å². The smallest absolute Gasteiger partial charge is 0.247 e. The molecule has 35 heavy (non-hydrogen) atoms. The van der Waals surface area contributed by atoms with Gasteiger partial charge >= 0.3 is 0 Å². The first-order chi connectivity index (χ1) is 16.9. The molecule has 2 aromatic heterocycles. The van der Waals surface area contributed by atoms with Gasteiger partial charge in [-0.3, -0.25) is 9.89 Å². The molecule has 0 saturated carbocycles. The van der Waals surface area contributed by atoms with Crippen molar-refractivity contribution in [1.82, 2.24) is 25.1 Å². The fourth-order valence-corrected chi connectivity index (χ4v) is 3.66. The topological polar surface area (TPSA) is 102 Å². The molecule has 3 heterocycles. The van der Waals surface area contributed by atoms with Gasteiger partial charge in [-0.25, -0.2) is 9.97 Å². The first-order valence-electron chi connectivity index (χ1n) is 11.8. The van der Waals surface area contributed by atoms with Gasteiger partial charge in [0, 0.05) is 49.7 Å². The van der Waals surface area contributed by atoms with Crippen LogP contribution >= 0.6 is 0 Å². The highest BCUT2D eigenvalue weighted by atomic mass is 16.1. The molecule has 3 N–H and O–H groups in total. The number of hydrogen-bond donors (Lipinski definition) is 3. The molecule has 9 heteroatoms. The van der Waals surface area contributed by atoms with Gasteiger partial charge in [0.05, 0.1) is 0 Å². The van der Waals surface area contributed by atoms with Crippen molar-refractivity contribution in [3.63, 3.8) is 0 Å². The minimum atomic E-state index is -0.236. The zero-order chi connectivity index (χ0) is 24.8. The highest BCUT2D eigenvalue weighted by Gasteiger charge is 2.17. The normalized spacial score (nSPS) is 14.5. The van der Waals surface area contributed by atoms with Crippen LogP contribution in [-0.4, -0.2) is 64.2 Å². The summed E-state index contributed by atoms with van der Waals surface area (Å²) >= 11 is 0. The minimum absolute atomic E-state index is 0.236. The number of anilines is 4. The Bertz CT molecular complexity index is 1190. The molecule has 0 spiro atoms. The maximum absolute atomic E-state index is 11.5. The van der Waals surface area contributed by atoms with Crippen LogP contribution in [0.1, 0.15) is 36.8 Å². The van der Waals surface area contributed by atoms with E-state index in [0.717, 1.165) is 49.1 Å². The van der Waals surface area contributed by atoms with E-state index in [0.29, 0.717) is 23.2 Å². The Hall–Kier alpha value is -3.98. The van der Waals surface area contributed by atoms with Crippen molar-refractivity contribution in [2.45, 2.75) is 19.8 Å². The molecule has 3 aromatic rings. The summed E-state index contributed by atoms with van der Waals surface area (Å²) in [6.45, 7) is 11.5. The fraction of sp³-hybridized carbons (Fsp3) is 0.308. The number of carbonyl (C=O) groups excluding carboxylic acids is 1. The third-order valence-corrected chi connectivity index (χ3v) is 5.82. The van der Waals surface area contributed by atoms with E-state index in [1.54, 1.807) is 0 Å². The van der Waals surface area contributed by atoms with Gasteiger partial charge in [-0.1, -0.05) is 38.6 Å². The van der Waals surface area contributed by atoms with Crippen LogP contribution in [0.15, 0.2) is 49.1 Å². The summed E-state index contributed by atoms with van der Waals surface area (Å²) < 4.78 is 0. The molecule has 1 aliphatic heterocycles. The van der Waals surface area contributed by atoms with Crippen LogP contribution in [-0.2, 0) is 4.79 Å².